The van der Waals surface area contributed by atoms with Crippen molar-refractivity contribution < 1.29 is 9.59 Å². The van der Waals surface area contributed by atoms with Crippen molar-refractivity contribution in [3.05, 3.63) is 67.6 Å². The van der Waals surface area contributed by atoms with Crippen LogP contribution in [0.4, 0.5) is 0 Å². The zero-order chi connectivity index (χ0) is 19.4. The van der Waals surface area contributed by atoms with E-state index in [9.17, 15) is 14.4 Å². The molecule has 0 saturated carbocycles. The lowest BCUT2D eigenvalue weighted by molar-refractivity contribution is 0.0682. The Morgan fingerprint density at radius 3 is 2.48 bits per heavy atom. The molecule has 6 nitrogen and oxygen atoms in total. The molecule has 0 radical (unpaired) electrons. The summed E-state index contributed by atoms with van der Waals surface area (Å²) in [6, 6.07) is 10.8. The number of hydrogen-bond acceptors (Lipinski definition) is 3. The molecule has 0 unspecified atom stereocenters. The average molecular weight is 479 g/mol. The molecule has 2 amide bonds. The van der Waals surface area contributed by atoms with E-state index < -0.39 is 0 Å². The van der Waals surface area contributed by atoms with Crippen molar-refractivity contribution in [1.29, 1.82) is 0 Å². The minimum absolute atomic E-state index is 0.0636. The summed E-state index contributed by atoms with van der Waals surface area (Å²) in [5.41, 5.74) is 0.630. The number of rotatable bonds is 4. The molecule has 3 rings (SSSR count). The summed E-state index contributed by atoms with van der Waals surface area (Å²) in [5.74, 6) is 0.0572. The van der Waals surface area contributed by atoms with Crippen LogP contribution in [-0.2, 0) is 7.05 Å². The Bertz CT molecular complexity index is 901. The third kappa shape index (κ3) is 4.58. The molecular weight excluding hydrogens is 457 g/mol. The second kappa shape index (κ2) is 8.69. The zero-order valence-electron chi connectivity index (χ0n) is 15.2. The maximum Gasteiger partial charge on any atom is 0.263 e. The molecular formula is C20H22IN3O3. The second-order valence-corrected chi connectivity index (χ2v) is 7.93. The van der Waals surface area contributed by atoms with E-state index >= 15 is 0 Å². The van der Waals surface area contributed by atoms with Gasteiger partial charge in [-0.25, -0.2) is 0 Å². The standard InChI is InChI=1S/C20H22IN3O3/c1-23-10-4-6-16(19(23)26)20(27)24-11-8-14(9-12-24)13-22-18(25)15-5-2-3-7-17(15)21/h2-7,10,14H,8-9,11-13H2,1H3,(H,22,25). The number of piperidine rings is 1. The summed E-state index contributed by atoms with van der Waals surface area (Å²) in [5, 5.41) is 3.00. The molecule has 2 heterocycles. The zero-order valence-corrected chi connectivity index (χ0v) is 17.3. The van der Waals surface area contributed by atoms with E-state index in [1.165, 1.54) is 4.57 Å². The van der Waals surface area contributed by atoms with Gasteiger partial charge in [-0.2, -0.15) is 0 Å². The fourth-order valence-corrected chi connectivity index (χ4v) is 3.88. The number of likely N-dealkylation sites (tertiary alicyclic amines) is 1. The van der Waals surface area contributed by atoms with Gasteiger partial charge in [0.15, 0.2) is 0 Å². The van der Waals surface area contributed by atoms with Gasteiger partial charge < -0.3 is 14.8 Å². The van der Waals surface area contributed by atoms with E-state index in [0.29, 0.717) is 31.1 Å². The first-order valence-corrected chi connectivity index (χ1v) is 10.0. The molecule has 0 bridgehead atoms. The van der Waals surface area contributed by atoms with Crippen LogP contribution in [-0.4, -0.2) is 40.9 Å². The van der Waals surface area contributed by atoms with Crippen molar-refractivity contribution in [2.24, 2.45) is 13.0 Å². The maximum absolute atomic E-state index is 12.6. The number of amides is 2. The van der Waals surface area contributed by atoms with E-state index in [0.717, 1.165) is 16.4 Å². The Balaban J connectivity index is 1.52. The lowest BCUT2D eigenvalue weighted by atomic mass is 9.96. The van der Waals surface area contributed by atoms with Gasteiger partial charge in [-0.15, -0.1) is 0 Å². The number of aryl methyl sites for hydroxylation is 1. The van der Waals surface area contributed by atoms with Gasteiger partial charge in [-0.3, -0.25) is 14.4 Å². The van der Waals surface area contributed by atoms with Crippen LogP contribution in [0.3, 0.4) is 0 Å². The van der Waals surface area contributed by atoms with E-state index in [2.05, 4.69) is 27.9 Å². The van der Waals surface area contributed by atoms with Gasteiger partial charge in [0.05, 0.1) is 5.56 Å². The quantitative estimate of drug-likeness (QED) is 0.685. The molecule has 7 heteroatoms. The number of nitrogens with one attached hydrogen (secondary N) is 1. The molecule has 0 atom stereocenters. The van der Waals surface area contributed by atoms with Gasteiger partial charge >= 0.3 is 0 Å². The van der Waals surface area contributed by atoms with Crippen molar-refractivity contribution in [2.45, 2.75) is 12.8 Å². The number of carbonyl (C=O) groups excluding carboxylic acids is 2. The first kappa shape index (κ1) is 19.6. The summed E-state index contributed by atoms with van der Waals surface area (Å²) < 4.78 is 2.35. The molecule has 0 spiro atoms. The Hall–Kier alpha value is -2.16. The Morgan fingerprint density at radius 1 is 1.11 bits per heavy atom. The van der Waals surface area contributed by atoms with Crippen LogP contribution in [0.15, 0.2) is 47.4 Å². The summed E-state index contributed by atoms with van der Waals surface area (Å²) in [6.07, 6.45) is 3.26. The number of nitrogens with zero attached hydrogens (tertiary/aromatic N) is 2. The predicted molar refractivity (Wildman–Crippen MR) is 112 cm³/mol. The number of halogens is 1. The fraction of sp³-hybridized carbons (Fsp3) is 0.350. The third-order valence-electron chi connectivity index (χ3n) is 4.93. The highest BCUT2D eigenvalue weighted by Crippen LogP contribution is 2.18. The highest BCUT2D eigenvalue weighted by molar-refractivity contribution is 14.1. The lowest BCUT2D eigenvalue weighted by Gasteiger charge is -2.32. The lowest BCUT2D eigenvalue weighted by Crippen LogP contribution is -2.43. The fourth-order valence-electron chi connectivity index (χ4n) is 3.25. The smallest absolute Gasteiger partial charge is 0.263 e. The van der Waals surface area contributed by atoms with Gasteiger partial charge in [0, 0.05) is 36.4 Å². The van der Waals surface area contributed by atoms with E-state index in [1.54, 1.807) is 30.3 Å². The molecule has 27 heavy (non-hydrogen) atoms. The van der Waals surface area contributed by atoms with Crippen LogP contribution in [0, 0.1) is 9.49 Å². The molecule has 0 aliphatic carbocycles. The van der Waals surface area contributed by atoms with Crippen LogP contribution in [0.5, 0.6) is 0 Å². The van der Waals surface area contributed by atoms with Gasteiger partial charge in [0.25, 0.3) is 17.4 Å². The predicted octanol–water partition coefficient (Wildman–Crippen LogP) is 2.27. The van der Waals surface area contributed by atoms with Crippen LogP contribution in [0.2, 0.25) is 0 Å². The van der Waals surface area contributed by atoms with E-state index in [1.807, 2.05) is 24.3 Å². The van der Waals surface area contributed by atoms with Gasteiger partial charge in [0.2, 0.25) is 0 Å². The third-order valence-corrected chi connectivity index (χ3v) is 5.87. The molecule has 142 valence electrons. The summed E-state index contributed by atoms with van der Waals surface area (Å²) in [7, 11) is 1.64. The topological polar surface area (TPSA) is 71.4 Å². The van der Waals surface area contributed by atoms with Gasteiger partial charge in [-0.05, 0) is 65.6 Å². The maximum atomic E-state index is 12.6. The Morgan fingerprint density at radius 2 is 1.78 bits per heavy atom. The summed E-state index contributed by atoms with van der Waals surface area (Å²) in [6.45, 7) is 1.79. The Kier molecular flexibility index (Phi) is 6.30. The number of aromatic nitrogens is 1. The van der Waals surface area contributed by atoms with Crippen molar-refractivity contribution in [3.63, 3.8) is 0 Å². The molecule has 1 saturated heterocycles. The average Bonchev–Trinajstić information content (AvgIpc) is 2.68. The van der Waals surface area contributed by atoms with Crippen molar-refractivity contribution in [1.82, 2.24) is 14.8 Å². The van der Waals surface area contributed by atoms with E-state index in [-0.39, 0.29) is 22.9 Å². The Labute approximate surface area is 171 Å². The van der Waals surface area contributed by atoms with Crippen LogP contribution >= 0.6 is 22.6 Å². The molecule has 1 aliphatic heterocycles. The minimum Gasteiger partial charge on any atom is -0.352 e. The number of pyridine rings is 1. The summed E-state index contributed by atoms with van der Waals surface area (Å²) in [4.78, 5) is 38.8. The van der Waals surface area contributed by atoms with Crippen LogP contribution in [0.1, 0.15) is 33.6 Å². The largest absolute Gasteiger partial charge is 0.352 e. The minimum atomic E-state index is -0.269. The molecule has 2 aromatic rings. The van der Waals surface area contributed by atoms with Crippen molar-refractivity contribution in [3.8, 4) is 0 Å². The highest BCUT2D eigenvalue weighted by Gasteiger charge is 2.25. The molecule has 1 N–H and O–H groups in total. The van der Waals surface area contributed by atoms with Gasteiger partial charge in [-0.1, -0.05) is 12.1 Å². The van der Waals surface area contributed by atoms with E-state index in [4.69, 9.17) is 0 Å². The number of benzene rings is 1. The number of carbonyl (C=O) groups is 2. The van der Waals surface area contributed by atoms with Gasteiger partial charge in [0.1, 0.15) is 5.56 Å². The number of hydrogen-bond donors (Lipinski definition) is 1. The van der Waals surface area contributed by atoms with Crippen LogP contribution < -0.4 is 10.9 Å². The molecule has 1 fully saturated rings. The van der Waals surface area contributed by atoms with Crippen LogP contribution in [0.25, 0.3) is 0 Å². The SMILES string of the molecule is Cn1cccc(C(=O)N2CCC(CNC(=O)c3ccccc3I)CC2)c1=O. The first-order valence-electron chi connectivity index (χ1n) is 8.95. The molecule has 1 aromatic carbocycles. The van der Waals surface area contributed by atoms with Crippen molar-refractivity contribution >= 4 is 34.4 Å². The monoisotopic (exact) mass is 479 g/mol. The molecule has 1 aromatic heterocycles. The first-order chi connectivity index (χ1) is 13.0. The highest BCUT2D eigenvalue weighted by atomic mass is 127. The normalized spacial score (nSPS) is 14.8. The second-order valence-electron chi connectivity index (χ2n) is 6.76. The van der Waals surface area contributed by atoms with Crippen molar-refractivity contribution in [2.75, 3.05) is 19.6 Å². The summed E-state index contributed by atoms with van der Waals surface area (Å²) >= 11 is 2.16. The molecule has 1 aliphatic rings.